The van der Waals surface area contributed by atoms with E-state index in [1.807, 2.05) is 13.8 Å². The van der Waals surface area contributed by atoms with Gasteiger partial charge in [0.05, 0.1) is 0 Å². The summed E-state index contributed by atoms with van der Waals surface area (Å²) in [5.41, 5.74) is 0. The van der Waals surface area contributed by atoms with Gasteiger partial charge in [-0.25, -0.2) is 0 Å². The van der Waals surface area contributed by atoms with Gasteiger partial charge in [-0.3, -0.25) is 0 Å². The van der Waals surface area contributed by atoms with Crippen molar-refractivity contribution in [1.82, 2.24) is 0 Å². The first-order chi connectivity index (χ1) is 4.72. The fourth-order valence-electron chi connectivity index (χ4n) is 0.592. The van der Waals surface area contributed by atoms with Gasteiger partial charge in [-0.1, -0.05) is 0 Å². The lowest BCUT2D eigenvalue weighted by molar-refractivity contribution is -0.0912. The average Bonchev–Trinajstić information content (AvgIpc) is 1.87. The van der Waals surface area contributed by atoms with E-state index >= 15 is 0 Å². The van der Waals surface area contributed by atoms with Gasteiger partial charge in [0, 0.05) is 13.2 Å². The lowest BCUT2D eigenvalue weighted by Crippen LogP contribution is -2.33. The molecule has 0 heterocycles. The van der Waals surface area contributed by atoms with Gasteiger partial charge in [-0.2, -0.15) is 0 Å². The summed E-state index contributed by atoms with van der Waals surface area (Å²) in [6.45, 7) is 6.70. The fourth-order valence-corrected chi connectivity index (χ4v) is 1.41. The summed E-state index contributed by atoms with van der Waals surface area (Å²) in [5.74, 6) is -0.361. The van der Waals surface area contributed by atoms with Crippen molar-refractivity contribution in [1.29, 1.82) is 0 Å². The van der Waals surface area contributed by atoms with Gasteiger partial charge in [0.15, 0.2) is 5.91 Å². The van der Waals surface area contributed by atoms with Gasteiger partial charge in [-0.05, 0) is 20.4 Å². The molecule has 1 radical (unpaired) electrons. The van der Waals surface area contributed by atoms with Gasteiger partial charge < -0.3 is 14.3 Å². The third kappa shape index (κ3) is 4.00. The Kier molecular flexibility index (Phi) is 5.91. The molecular weight excluding hydrogens is 148 g/mol. The van der Waals surface area contributed by atoms with Gasteiger partial charge in [0.1, 0.15) is 0 Å². The quantitative estimate of drug-likeness (QED) is 0.475. The lowest BCUT2D eigenvalue weighted by Gasteiger charge is -2.16. The molecule has 0 aromatic heterocycles. The van der Waals surface area contributed by atoms with Crippen molar-refractivity contribution in [2.45, 2.75) is 26.3 Å². The van der Waals surface area contributed by atoms with Crippen LogP contribution >= 0.6 is 0 Å². The molecule has 0 spiro atoms. The Morgan fingerprint density at radius 1 is 1.30 bits per heavy atom. The second-order valence-corrected chi connectivity index (χ2v) is 3.64. The van der Waals surface area contributed by atoms with Crippen LogP contribution in [0.15, 0.2) is 0 Å². The molecule has 4 heteroatoms. The third-order valence-electron chi connectivity index (χ3n) is 0.977. The first kappa shape index (κ1) is 10.1. The van der Waals surface area contributed by atoms with Crippen LogP contribution in [0.5, 0.6) is 0 Å². The van der Waals surface area contributed by atoms with E-state index in [0.29, 0.717) is 13.2 Å². The normalized spacial score (nSPS) is 11.4. The maximum Gasteiger partial charge on any atom is 0.269 e. The number of ether oxygens (including phenoxy) is 2. The molecule has 0 atom stereocenters. The summed E-state index contributed by atoms with van der Waals surface area (Å²) < 4.78 is 10.2. The molecule has 0 aromatic carbocycles. The van der Waals surface area contributed by atoms with Crippen molar-refractivity contribution >= 4 is 9.04 Å². The topological polar surface area (TPSA) is 38.7 Å². The molecule has 10 heavy (non-hydrogen) atoms. The van der Waals surface area contributed by atoms with Crippen molar-refractivity contribution < 1.29 is 14.3 Å². The Labute approximate surface area is 63.7 Å². The first-order valence-electron chi connectivity index (χ1n) is 3.48. The maximum atomic E-state index is 9.13. The van der Waals surface area contributed by atoms with E-state index < -0.39 is 9.04 Å². The van der Waals surface area contributed by atoms with Gasteiger partial charge >= 0.3 is 0 Å². The number of hydrogen-bond acceptors (Lipinski definition) is 3. The maximum absolute atomic E-state index is 9.13. The molecule has 0 aliphatic carbocycles. The van der Waals surface area contributed by atoms with Crippen molar-refractivity contribution in [2.75, 3.05) is 13.2 Å². The fraction of sp³-hybridized carbons (Fsp3) is 1.00. The second kappa shape index (κ2) is 5.85. The van der Waals surface area contributed by atoms with Crippen LogP contribution in [0, 0.1) is 0 Å². The SMILES string of the molecule is CCOC(OCC)[Si](C)O. The molecule has 0 amide bonds. The van der Waals surface area contributed by atoms with Crippen LogP contribution in [0.3, 0.4) is 0 Å². The Balaban J connectivity index is 3.50. The molecule has 0 unspecified atom stereocenters. The predicted molar refractivity (Wildman–Crippen MR) is 40.9 cm³/mol. The van der Waals surface area contributed by atoms with Crippen LogP contribution in [-0.4, -0.2) is 33.0 Å². The largest absolute Gasteiger partial charge is 0.427 e. The van der Waals surface area contributed by atoms with Crippen LogP contribution < -0.4 is 0 Å². The molecule has 0 bridgehead atoms. The molecule has 0 aromatic rings. The highest BCUT2D eigenvalue weighted by Crippen LogP contribution is 1.97. The minimum atomic E-state index is -1.44. The Hall–Kier alpha value is 0.0969. The van der Waals surface area contributed by atoms with E-state index in [2.05, 4.69) is 0 Å². The molecule has 0 rings (SSSR count). The van der Waals surface area contributed by atoms with Crippen LogP contribution in [-0.2, 0) is 9.47 Å². The molecule has 61 valence electrons. The average molecular weight is 163 g/mol. The summed E-state index contributed by atoms with van der Waals surface area (Å²) in [4.78, 5) is 9.13. The Morgan fingerprint density at radius 3 is 1.90 bits per heavy atom. The van der Waals surface area contributed by atoms with E-state index in [-0.39, 0.29) is 5.91 Å². The Morgan fingerprint density at radius 2 is 1.70 bits per heavy atom. The summed E-state index contributed by atoms with van der Waals surface area (Å²) in [6, 6.07) is 0. The minimum absolute atomic E-state index is 0.361. The number of rotatable bonds is 5. The summed E-state index contributed by atoms with van der Waals surface area (Å²) in [6.07, 6.45) is 0. The van der Waals surface area contributed by atoms with E-state index in [9.17, 15) is 0 Å². The highest BCUT2D eigenvalue weighted by molar-refractivity contribution is 6.49. The molecule has 0 saturated carbocycles. The van der Waals surface area contributed by atoms with Crippen molar-refractivity contribution in [2.24, 2.45) is 0 Å². The molecule has 0 aliphatic heterocycles. The van der Waals surface area contributed by atoms with E-state index in [1.54, 1.807) is 6.55 Å². The van der Waals surface area contributed by atoms with E-state index in [4.69, 9.17) is 14.3 Å². The highest BCUT2D eigenvalue weighted by atomic mass is 28.3. The zero-order valence-electron chi connectivity index (χ0n) is 6.76. The zero-order chi connectivity index (χ0) is 7.98. The molecule has 3 nitrogen and oxygen atoms in total. The molecule has 0 saturated heterocycles. The van der Waals surface area contributed by atoms with Crippen LogP contribution in [0.2, 0.25) is 6.55 Å². The van der Waals surface area contributed by atoms with E-state index in [0.717, 1.165) is 0 Å². The van der Waals surface area contributed by atoms with Crippen LogP contribution in [0.4, 0.5) is 0 Å². The third-order valence-corrected chi connectivity index (χ3v) is 1.99. The molecule has 0 aliphatic rings. The van der Waals surface area contributed by atoms with Crippen LogP contribution in [0.1, 0.15) is 13.8 Å². The standard InChI is InChI=1S/C6H15O3Si/c1-4-8-6(9-5-2)10(3)7/h6-7H,4-5H2,1-3H3. The summed E-state index contributed by atoms with van der Waals surface area (Å²) in [5, 5.41) is 0. The lowest BCUT2D eigenvalue weighted by atomic mass is 10.9. The van der Waals surface area contributed by atoms with Crippen LogP contribution in [0.25, 0.3) is 0 Å². The minimum Gasteiger partial charge on any atom is -0.427 e. The molecule has 1 N–H and O–H groups in total. The summed E-state index contributed by atoms with van der Waals surface area (Å²) >= 11 is 0. The van der Waals surface area contributed by atoms with Crippen molar-refractivity contribution in [3.05, 3.63) is 0 Å². The highest BCUT2D eigenvalue weighted by Gasteiger charge is 2.17. The molecule has 0 fully saturated rings. The molecular formula is C6H15O3Si. The van der Waals surface area contributed by atoms with E-state index in [1.165, 1.54) is 0 Å². The Bertz CT molecular complexity index is 71.4. The predicted octanol–water partition coefficient (Wildman–Crippen LogP) is 0.538. The van der Waals surface area contributed by atoms with Gasteiger partial charge in [-0.15, -0.1) is 0 Å². The van der Waals surface area contributed by atoms with Gasteiger partial charge in [0.2, 0.25) is 0 Å². The summed E-state index contributed by atoms with van der Waals surface area (Å²) in [7, 11) is -1.44. The zero-order valence-corrected chi connectivity index (χ0v) is 7.76. The van der Waals surface area contributed by atoms with Crippen molar-refractivity contribution in [3.8, 4) is 0 Å². The van der Waals surface area contributed by atoms with Crippen molar-refractivity contribution in [3.63, 3.8) is 0 Å². The van der Waals surface area contributed by atoms with Gasteiger partial charge in [0.25, 0.3) is 9.04 Å². The monoisotopic (exact) mass is 163 g/mol. The first-order valence-corrected chi connectivity index (χ1v) is 5.50. The second-order valence-electron chi connectivity index (χ2n) is 1.88. The number of hydrogen-bond donors (Lipinski definition) is 1. The smallest absolute Gasteiger partial charge is 0.269 e.